The molecule has 24 heavy (non-hydrogen) atoms. The Balaban J connectivity index is 0.00000288. The molecule has 0 radical (unpaired) electrons. The Bertz CT molecular complexity index is 610. The second kappa shape index (κ2) is 12.0. The zero-order valence-electron chi connectivity index (χ0n) is 14.7. The lowest BCUT2D eigenvalue weighted by molar-refractivity contribution is 0.643. The van der Waals surface area contributed by atoms with Crippen molar-refractivity contribution in [1.82, 2.24) is 25.2 Å². The number of nitrogens with zero attached hydrogens (tertiary/aromatic N) is 4. The summed E-state index contributed by atoms with van der Waals surface area (Å²) in [6.07, 6.45) is 8.94. The minimum absolute atomic E-state index is 0. The minimum atomic E-state index is 0. The predicted octanol–water partition coefficient (Wildman–Crippen LogP) is 3.03. The van der Waals surface area contributed by atoms with Crippen LogP contribution in [-0.2, 0) is 6.42 Å². The molecule has 0 aliphatic carbocycles. The number of guanidine groups is 1. The fourth-order valence-electron chi connectivity index (χ4n) is 2.49. The van der Waals surface area contributed by atoms with Crippen LogP contribution in [0.2, 0.25) is 0 Å². The van der Waals surface area contributed by atoms with E-state index in [-0.39, 0.29) is 24.0 Å². The van der Waals surface area contributed by atoms with Crippen LogP contribution in [0.15, 0.2) is 29.4 Å². The SMILES string of the molecule is CCCCCCNC(=NC)NCCCc1nnc2ccccn12.I. The molecule has 134 valence electrons. The molecule has 0 aromatic carbocycles. The van der Waals surface area contributed by atoms with E-state index in [0.717, 1.165) is 43.4 Å². The van der Waals surface area contributed by atoms with Gasteiger partial charge >= 0.3 is 0 Å². The van der Waals surface area contributed by atoms with Crippen molar-refractivity contribution in [2.24, 2.45) is 4.99 Å². The van der Waals surface area contributed by atoms with Gasteiger partial charge in [0.05, 0.1) is 0 Å². The van der Waals surface area contributed by atoms with Gasteiger partial charge in [-0.25, -0.2) is 0 Å². The summed E-state index contributed by atoms with van der Waals surface area (Å²) in [6.45, 7) is 4.08. The maximum absolute atomic E-state index is 4.25. The van der Waals surface area contributed by atoms with Crippen molar-refractivity contribution in [3.05, 3.63) is 30.2 Å². The normalized spacial score (nSPS) is 11.3. The number of aromatic nitrogens is 3. The van der Waals surface area contributed by atoms with E-state index in [9.17, 15) is 0 Å². The summed E-state index contributed by atoms with van der Waals surface area (Å²) in [5.74, 6) is 1.89. The molecule has 0 fully saturated rings. The van der Waals surface area contributed by atoms with Crippen LogP contribution < -0.4 is 10.6 Å². The third-order valence-corrected chi connectivity index (χ3v) is 3.80. The molecule has 7 heteroatoms. The summed E-state index contributed by atoms with van der Waals surface area (Å²) in [5.41, 5.74) is 0.903. The van der Waals surface area contributed by atoms with Crippen molar-refractivity contribution in [2.75, 3.05) is 20.1 Å². The molecule has 0 unspecified atom stereocenters. The Labute approximate surface area is 161 Å². The molecule has 0 bridgehead atoms. The number of hydrogen-bond acceptors (Lipinski definition) is 3. The van der Waals surface area contributed by atoms with E-state index in [2.05, 4.69) is 32.7 Å². The Kier molecular flexibility index (Phi) is 10.4. The van der Waals surface area contributed by atoms with Gasteiger partial charge in [0, 0.05) is 32.8 Å². The molecule has 2 aromatic rings. The molecule has 2 rings (SSSR count). The standard InChI is InChI=1S/C17H28N6.HI/c1-3-4-5-7-12-19-17(18-2)20-13-9-11-16-22-21-15-10-6-8-14-23(15)16;/h6,8,10,14H,3-5,7,9,11-13H2,1-2H3,(H2,18,19,20);1H. The van der Waals surface area contributed by atoms with Gasteiger partial charge in [-0.1, -0.05) is 32.3 Å². The number of pyridine rings is 1. The van der Waals surface area contributed by atoms with E-state index in [4.69, 9.17) is 0 Å². The minimum Gasteiger partial charge on any atom is -0.356 e. The van der Waals surface area contributed by atoms with E-state index in [1.807, 2.05) is 35.8 Å². The van der Waals surface area contributed by atoms with Crippen LogP contribution in [0.5, 0.6) is 0 Å². The first-order valence-electron chi connectivity index (χ1n) is 8.58. The quantitative estimate of drug-likeness (QED) is 0.270. The highest BCUT2D eigenvalue weighted by molar-refractivity contribution is 14.0. The van der Waals surface area contributed by atoms with Crippen molar-refractivity contribution in [3.63, 3.8) is 0 Å². The molecule has 2 heterocycles. The van der Waals surface area contributed by atoms with Gasteiger partial charge in [-0.2, -0.15) is 0 Å². The van der Waals surface area contributed by atoms with Crippen LogP contribution >= 0.6 is 24.0 Å². The summed E-state index contributed by atoms with van der Waals surface area (Å²) < 4.78 is 2.04. The second-order valence-electron chi connectivity index (χ2n) is 5.64. The van der Waals surface area contributed by atoms with Crippen LogP contribution in [0.25, 0.3) is 5.65 Å². The van der Waals surface area contributed by atoms with Crippen LogP contribution in [0.4, 0.5) is 0 Å². The molecule has 0 amide bonds. The first kappa shape index (κ1) is 20.7. The summed E-state index contributed by atoms with van der Waals surface area (Å²) in [4.78, 5) is 4.25. The predicted molar refractivity (Wildman–Crippen MR) is 110 cm³/mol. The lowest BCUT2D eigenvalue weighted by Gasteiger charge is -2.11. The number of hydrogen-bond donors (Lipinski definition) is 2. The molecule has 6 nitrogen and oxygen atoms in total. The lowest BCUT2D eigenvalue weighted by atomic mass is 10.2. The van der Waals surface area contributed by atoms with E-state index in [0.29, 0.717) is 0 Å². The van der Waals surface area contributed by atoms with Gasteiger partial charge in [-0.3, -0.25) is 9.39 Å². The van der Waals surface area contributed by atoms with Gasteiger partial charge < -0.3 is 10.6 Å². The van der Waals surface area contributed by atoms with Crippen molar-refractivity contribution in [2.45, 2.75) is 45.4 Å². The molecule has 0 atom stereocenters. The molecular formula is C17H29IN6. The first-order valence-corrected chi connectivity index (χ1v) is 8.58. The third-order valence-electron chi connectivity index (χ3n) is 3.80. The van der Waals surface area contributed by atoms with Crippen LogP contribution in [0.3, 0.4) is 0 Å². The molecule has 2 aromatic heterocycles. The highest BCUT2D eigenvalue weighted by Crippen LogP contribution is 2.04. The first-order chi connectivity index (χ1) is 11.3. The van der Waals surface area contributed by atoms with E-state index in [1.165, 1.54) is 25.7 Å². The van der Waals surface area contributed by atoms with Crippen molar-refractivity contribution >= 4 is 35.6 Å². The highest BCUT2D eigenvalue weighted by Gasteiger charge is 2.04. The molecule has 0 saturated heterocycles. The van der Waals surface area contributed by atoms with Gasteiger partial charge in [-0.15, -0.1) is 34.2 Å². The number of rotatable bonds is 9. The molecule has 0 aliphatic rings. The number of unbranched alkanes of at least 4 members (excludes halogenated alkanes) is 3. The van der Waals surface area contributed by atoms with E-state index < -0.39 is 0 Å². The number of halogens is 1. The van der Waals surface area contributed by atoms with E-state index >= 15 is 0 Å². The average Bonchev–Trinajstić information content (AvgIpc) is 3.00. The van der Waals surface area contributed by atoms with Gasteiger partial charge in [0.1, 0.15) is 5.82 Å². The number of nitrogens with one attached hydrogen (secondary N) is 2. The Morgan fingerprint density at radius 2 is 1.88 bits per heavy atom. The average molecular weight is 444 g/mol. The van der Waals surface area contributed by atoms with Crippen molar-refractivity contribution in [3.8, 4) is 0 Å². The monoisotopic (exact) mass is 444 g/mol. The largest absolute Gasteiger partial charge is 0.356 e. The molecule has 0 aliphatic heterocycles. The highest BCUT2D eigenvalue weighted by atomic mass is 127. The Hall–Kier alpha value is -1.38. The second-order valence-corrected chi connectivity index (χ2v) is 5.64. The Morgan fingerprint density at radius 3 is 2.62 bits per heavy atom. The fraction of sp³-hybridized carbons (Fsp3) is 0.588. The summed E-state index contributed by atoms with van der Waals surface area (Å²) in [7, 11) is 1.81. The van der Waals surface area contributed by atoms with Gasteiger partial charge in [-0.05, 0) is 25.0 Å². The number of fused-ring (bicyclic) bond motifs is 1. The van der Waals surface area contributed by atoms with Crippen LogP contribution in [0, 0.1) is 0 Å². The van der Waals surface area contributed by atoms with Crippen molar-refractivity contribution in [1.29, 1.82) is 0 Å². The summed E-state index contributed by atoms with van der Waals surface area (Å²) in [5, 5.41) is 15.1. The van der Waals surface area contributed by atoms with Crippen LogP contribution in [0.1, 0.15) is 44.9 Å². The Morgan fingerprint density at radius 1 is 1.08 bits per heavy atom. The lowest BCUT2D eigenvalue weighted by Crippen LogP contribution is -2.38. The van der Waals surface area contributed by atoms with E-state index in [1.54, 1.807) is 0 Å². The maximum atomic E-state index is 4.25. The number of aryl methyl sites for hydroxylation is 1. The van der Waals surface area contributed by atoms with Gasteiger partial charge in [0.15, 0.2) is 11.6 Å². The zero-order valence-corrected chi connectivity index (χ0v) is 17.0. The smallest absolute Gasteiger partial charge is 0.190 e. The summed E-state index contributed by atoms with van der Waals surface area (Å²) in [6, 6.07) is 5.95. The molecular weight excluding hydrogens is 415 g/mol. The topological polar surface area (TPSA) is 66.6 Å². The molecule has 0 saturated carbocycles. The van der Waals surface area contributed by atoms with Gasteiger partial charge in [0.25, 0.3) is 0 Å². The maximum Gasteiger partial charge on any atom is 0.190 e. The summed E-state index contributed by atoms with van der Waals surface area (Å²) >= 11 is 0. The third kappa shape index (κ3) is 6.62. The van der Waals surface area contributed by atoms with Gasteiger partial charge in [0.2, 0.25) is 0 Å². The molecule has 2 N–H and O–H groups in total. The van der Waals surface area contributed by atoms with Crippen LogP contribution in [-0.4, -0.2) is 40.7 Å². The molecule has 0 spiro atoms. The zero-order chi connectivity index (χ0) is 16.3. The number of aliphatic imine (C=N–C) groups is 1. The fourth-order valence-corrected chi connectivity index (χ4v) is 2.49. The van der Waals surface area contributed by atoms with Crippen molar-refractivity contribution < 1.29 is 0 Å².